The Morgan fingerprint density at radius 3 is 2.40 bits per heavy atom. The minimum absolute atomic E-state index is 0.170. The van der Waals surface area contributed by atoms with Gasteiger partial charge in [0.15, 0.2) is 11.6 Å². The van der Waals surface area contributed by atoms with E-state index in [2.05, 4.69) is 20.2 Å². The van der Waals surface area contributed by atoms with E-state index >= 15 is 0 Å². The summed E-state index contributed by atoms with van der Waals surface area (Å²) in [6.45, 7) is 0. The van der Waals surface area contributed by atoms with Crippen LogP contribution in [0.15, 0.2) is 36.4 Å². The van der Waals surface area contributed by atoms with Crippen molar-refractivity contribution in [1.29, 1.82) is 0 Å². The van der Waals surface area contributed by atoms with Gasteiger partial charge in [0.2, 0.25) is 10.0 Å². The van der Waals surface area contributed by atoms with E-state index in [1.165, 1.54) is 6.07 Å². The Kier molecular flexibility index (Phi) is 4.04. The first-order valence-corrected chi connectivity index (χ1v) is 7.58. The molecule has 2 N–H and O–H groups in total. The first-order valence-electron chi connectivity index (χ1n) is 5.69. The number of hydrogen-bond donors (Lipinski definition) is 2. The monoisotopic (exact) mass is 294 g/mol. The summed E-state index contributed by atoms with van der Waals surface area (Å²) >= 11 is 0. The Balaban J connectivity index is 2.10. The van der Waals surface area contributed by atoms with Crippen molar-refractivity contribution >= 4 is 27.3 Å². The molecule has 0 saturated heterocycles. The van der Waals surface area contributed by atoms with Crippen molar-refractivity contribution in [3.63, 3.8) is 0 Å². The Hall–Kier alpha value is -2.35. The number of rotatable bonds is 5. The predicted molar refractivity (Wildman–Crippen MR) is 76.8 cm³/mol. The highest BCUT2D eigenvalue weighted by Crippen LogP contribution is 2.20. The molecule has 0 radical (unpaired) electrons. The largest absolute Gasteiger partial charge is 0.497 e. The number of sulfonamides is 1. The lowest BCUT2D eigenvalue weighted by molar-refractivity contribution is 0.415. The number of aromatic nitrogens is 2. The molecule has 0 spiro atoms. The second-order valence-corrected chi connectivity index (χ2v) is 5.78. The van der Waals surface area contributed by atoms with Crippen molar-refractivity contribution in [1.82, 2.24) is 10.2 Å². The maximum atomic E-state index is 11.0. The minimum Gasteiger partial charge on any atom is -0.497 e. The van der Waals surface area contributed by atoms with Crippen LogP contribution in [0.3, 0.4) is 0 Å². The van der Waals surface area contributed by atoms with E-state index in [1.54, 1.807) is 13.2 Å². The van der Waals surface area contributed by atoms with Gasteiger partial charge < -0.3 is 10.1 Å². The summed E-state index contributed by atoms with van der Waals surface area (Å²) in [7, 11) is -1.76. The smallest absolute Gasteiger partial charge is 0.231 e. The Bertz CT molecular complexity index is 686. The summed E-state index contributed by atoms with van der Waals surface area (Å²) in [5.74, 6) is 1.39. The molecule has 2 rings (SSSR count). The van der Waals surface area contributed by atoms with Gasteiger partial charge in [0, 0.05) is 11.8 Å². The molecular formula is C12H14N4O3S. The Morgan fingerprint density at radius 1 is 1.10 bits per heavy atom. The van der Waals surface area contributed by atoms with Crippen LogP contribution in [0.4, 0.5) is 17.3 Å². The standard InChI is InChI=1S/C12H14N4O3S/c1-19-10-5-3-4-9(8-10)13-11-6-7-12(15-14-11)16-20(2,17)18/h3-8H,1-2H3,(H,13,14)(H,15,16). The number of ether oxygens (including phenoxy) is 1. The summed E-state index contributed by atoms with van der Waals surface area (Å²) in [6.07, 6.45) is 1.05. The number of nitrogens with zero attached hydrogens (tertiary/aromatic N) is 2. The molecule has 2 aromatic rings. The van der Waals surface area contributed by atoms with Crippen LogP contribution in [0.25, 0.3) is 0 Å². The lowest BCUT2D eigenvalue weighted by Gasteiger charge is -2.07. The third kappa shape index (κ3) is 4.09. The molecule has 1 heterocycles. The van der Waals surface area contributed by atoms with E-state index in [0.29, 0.717) is 5.82 Å². The molecule has 20 heavy (non-hydrogen) atoms. The van der Waals surface area contributed by atoms with Crippen LogP contribution in [-0.2, 0) is 10.0 Å². The molecule has 0 saturated carbocycles. The molecule has 0 amide bonds. The van der Waals surface area contributed by atoms with Crippen molar-refractivity contribution in [2.45, 2.75) is 0 Å². The van der Waals surface area contributed by atoms with Gasteiger partial charge in [0.05, 0.1) is 13.4 Å². The molecule has 0 aliphatic carbocycles. The summed E-state index contributed by atoms with van der Waals surface area (Å²) in [4.78, 5) is 0. The van der Waals surface area contributed by atoms with E-state index in [4.69, 9.17) is 4.74 Å². The topological polar surface area (TPSA) is 93.2 Å². The third-order valence-corrected chi connectivity index (χ3v) is 2.88. The predicted octanol–water partition coefficient (Wildman–Crippen LogP) is 1.60. The van der Waals surface area contributed by atoms with Crippen LogP contribution < -0.4 is 14.8 Å². The van der Waals surface area contributed by atoms with Crippen molar-refractivity contribution in [3.8, 4) is 5.75 Å². The van der Waals surface area contributed by atoms with E-state index in [0.717, 1.165) is 17.7 Å². The molecule has 0 aliphatic rings. The third-order valence-electron chi connectivity index (χ3n) is 2.30. The summed E-state index contributed by atoms with van der Waals surface area (Å²) in [5.41, 5.74) is 0.794. The average molecular weight is 294 g/mol. The van der Waals surface area contributed by atoms with Crippen LogP contribution in [-0.4, -0.2) is 32.0 Å². The van der Waals surface area contributed by atoms with Crippen LogP contribution >= 0.6 is 0 Å². The second kappa shape index (κ2) is 5.74. The zero-order chi connectivity index (χ0) is 14.6. The molecular weight excluding hydrogens is 280 g/mol. The van der Waals surface area contributed by atoms with Gasteiger partial charge in [-0.2, -0.15) is 0 Å². The van der Waals surface area contributed by atoms with Gasteiger partial charge in [-0.3, -0.25) is 4.72 Å². The SMILES string of the molecule is COc1cccc(Nc2ccc(NS(C)(=O)=O)nn2)c1. The first-order chi connectivity index (χ1) is 9.46. The van der Waals surface area contributed by atoms with Gasteiger partial charge in [0.25, 0.3) is 0 Å². The fraction of sp³-hybridized carbons (Fsp3) is 0.167. The van der Waals surface area contributed by atoms with Crippen LogP contribution in [0.5, 0.6) is 5.75 Å². The summed E-state index contributed by atoms with van der Waals surface area (Å²) < 4.78 is 29.4. The van der Waals surface area contributed by atoms with Gasteiger partial charge >= 0.3 is 0 Å². The number of hydrogen-bond acceptors (Lipinski definition) is 6. The zero-order valence-electron chi connectivity index (χ0n) is 11.0. The molecule has 8 heteroatoms. The maximum absolute atomic E-state index is 11.0. The van der Waals surface area contributed by atoms with E-state index in [-0.39, 0.29) is 5.82 Å². The fourth-order valence-corrected chi connectivity index (χ4v) is 1.98. The van der Waals surface area contributed by atoms with Gasteiger partial charge in [-0.15, -0.1) is 10.2 Å². The van der Waals surface area contributed by atoms with Gasteiger partial charge in [-0.1, -0.05) is 6.07 Å². The number of anilines is 3. The van der Waals surface area contributed by atoms with Gasteiger partial charge in [0.1, 0.15) is 5.75 Å². The minimum atomic E-state index is -3.35. The highest BCUT2D eigenvalue weighted by atomic mass is 32.2. The van der Waals surface area contributed by atoms with Crippen LogP contribution in [0, 0.1) is 0 Å². The Labute approximate surface area is 117 Å². The van der Waals surface area contributed by atoms with Crippen molar-refractivity contribution in [2.24, 2.45) is 0 Å². The lowest BCUT2D eigenvalue weighted by atomic mass is 10.3. The highest BCUT2D eigenvalue weighted by Gasteiger charge is 2.04. The first kappa shape index (κ1) is 14.1. The van der Waals surface area contributed by atoms with Crippen LogP contribution in [0.2, 0.25) is 0 Å². The quantitative estimate of drug-likeness (QED) is 0.870. The number of benzene rings is 1. The molecule has 1 aromatic heterocycles. The second-order valence-electron chi connectivity index (χ2n) is 4.03. The normalized spacial score (nSPS) is 10.9. The van der Waals surface area contributed by atoms with Gasteiger partial charge in [-0.05, 0) is 24.3 Å². The van der Waals surface area contributed by atoms with Crippen molar-refractivity contribution in [3.05, 3.63) is 36.4 Å². The molecule has 0 aliphatic heterocycles. The van der Waals surface area contributed by atoms with E-state index in [9.17, 15) is 8.42 Å². The molecule has 7 nitrogen and oxygen atoms in total. The highest BCUT2D eigenvalue weighted by molar-refractivity contribution is 7.92. The molecule has 106 valence electrons. The molecule has 0 bridgehead atoms. The van der Waals surface area contributed by atoms with E-state index in [1.807, 2.05) is 24.3 Å². The fourth-order valence-electron chi connectivity index (χ4n) is 1.49. The summed E-state index contributed by atoms with van der Waals surface area (Å²) in [5, 5.41) is 10.7. The molecule has 0 atom stereocenters. The average Bonchev–Trinajstić information content (AvgIpc) is 2.40. The van der Waals surface area contributed by atoms with E-state index < -0.39 is 10.0 Å². The van der Waals surface area contributed by atoms with Gasteiger partial charge in [-0.25, -0.2) is 8.42 Å². The Morgan fingerprint density at radius 2 is 1.80 bits per heavy atom. The lowest BCUT2D eigenvalue weighted by Crippen LogP contribution is -2.11. The molecule has 1 aromatic carbocycles. The molecule has 0 fully saturated rings. The number of nitrogens with one attached hydrogen (secondary N) is 2. The van der Waals surface area contributed by atoms with Crippen molar-refractivity contribution in [2.75, 3.05) is 23.4 Å². The summed E-state index contributed by atoms with van der Waals surface area (Å²) in [6, 6.07) is 10.5. The maximum Gasteiger partial charge on any atom is 0.231 e. The van der Waals surface area contributed by atoms with Crippen molar-refractivity contribution < 1.29 is 13.2 Å². The molecule has 0 unspecified atom stereocenters. The van der Waals surface area contributed by atoms with Crippen LogP contribution in [0.1, 0.15) is 0 Å². The zero-order valence-corrected chi connectivity index (χ0v) is 11.8. The number of methoxy groups -OCH3 is 1.